The summed E-state index contributed by atoms with van der Waals surface area (Å²) in [4.78, 5) is 4.69. The summed E-state index contributed by atoms with van der Waals surface area (Å²) in [6, 6.07) is 23.9. The topological polar surface area (TPSA) is 26.0 Å². The lowest BCUT2D eigenvalue weighted by Gasteiger charge is -2.22. The molecule has 0 radical (unpaired) electrons. The minimum Gasteiger partial charge on any atom is -0.455 e. The lowest BCUT2D eigenvalue weighted by Crippen LogP contribution is -2.15. The number of nitrogens with zero attached hydrogens (tertiary/aromatic N) is 1. The average Bonchev–Trinajstić information content (AvgIpc) is 3.27. The summed E-state index contributed by atoms with van der Waals surface area (Å²) in [5.41, 5.74) is 10.5. The molecule has 2 heterocycles. The first-order chi connectivity index (χ1) is 15.0. The molecule has 152 valence electrons. The second-order valence-corrected chi connectivity index (χ2v) is 9.45. The Labute approximate surface area is 182 Å². The Morgan fingerprint density at radius 3 is 2.48 bits per heavy atom. The minimum absolute atomic E-state index is 0.0753. The van der Waals surface area contributed by atoms with Gasteiger partial charge in [0.15, 0.2) is 0 Å². The van der Waals surface area contributed by atoms with E-state index >= 15 is 0 Å². The molecule has 31 heavy (non-hydrogen) atoms. The second-order valence-electron chi connectivity index (χ2n) is 9.45. The normalized spacial score (nSPS) is 14.4. The first-order valence-electron chi connectivity index (χ1n) is 11.0. The van der Waals surface area contributed by atoms with Gasteiger partial charge in [-0.1, -0.05) is 70.2 Å². The lowest BCUT2D eigenvalue weighted by molar-refractivity contribution is 0.657. The number of hydrogen-bond donors (Lipinski definition) is 0. The Balaban J connectivity index is 1.68. The van der Waals surface area contributed by atoms with E-state index in [4.69, 9.17) is 4.42 Å². The smallest absolute Gasteiger partial charge is 0.144 e. The quantitative estimate of drug-likeness (QED) is 0.298. The van der Waals surface area contributed by atoms with Crippen molar-refractivity contribution < 1.29 is 4.42 Å². The largest absolute Gasteiger partial charge is 0.455 e. The number of fused-ring (bicyclic) bond motifs is 7. The number of furan rings is 1. The highest BCUT2D eigenvalue weighted by molar-refractivity contribution is 6.13. The van der Waals surface area contributed by atoms with Crippen LogP contribution in [0.2, 0.25) is 0 Å². The van der Waals surface area contributed by atoms with Gasteiger partial charge in [-0.3, -0.25) is 4.98 Å². The Morgan fingerprint density at radius 1 is 0.839 bits per heavy atom. The number of benzene rings is 3. The van der Waals surface area contributed by atoms with E-state index in [-0.39, 0.29) is 5.41 Å². The maximum absolute atomic E-state index is 6.52. The van der Waals surface area contributed by atoms with E-state index in [1.54, 1.807) is 0 Å². The zero-order chi connectivity index (χ0) is 21.3. The number of para-hydroxylation sites is 1. The van der Waals surface area contributed by atoms with Gasteiger partial charge >= 0.3 is 0 Å². The molecule has 0 bridgehead atoms. The van der Waals surface area contributed by atoms with Gasteiger partial charge in [0.25, 0.3) is 0 Å². The van der Waals surface area contributed by atoms with E-state index in [0.29, 0.717) is 5.92 Å². The van der Waals surface area contributed by atoms with Crippen molar-refractivity contribution in [1.82, 2.24) is 4.98 Å². The number of pyridine rings is 1. The molecule has 0 aliphatic heterocycles. The van der Waals surface area contributed by atoms with Crippen LogP contribution in [0.1, 0.15) is 50.3 Å². The zero-order valence-corrected chi connectivity index (χ0v) is 18.4. The van der Waals surface area contributed by atoms with E-state index in [2.05, 4.69) is 99.4 Å². The highest BCUT2D eigenvalue weighted by Gasteiger charge is 2.37. The minimum atomic E-state index is -0.0753. The van der Waals surface area contributed by atoms with Crippen LogP contribution in [0.5, 0.6) is 0 Å². The molecule has 1 aliphatic carbocycles. The van der Waals surface area contributed by atoms with Crippen molar-refractivity contribution in [2.24, 2.45) is 0 Å². The van der Waals surface area contributed by atoms with Gasteiger partial charge in [-0.15, -0.1) is 0 Å². The zero-order valence-electron chi connectivity index (χ0n) is 18.4. The first kappa shape index (κ1) is 18.4. The van der Waals surface area contributed by atoms with Crippen molar-refractivity contribution in [3.8, 4) is 22.4 Å². The van der Waals surface area contributed by atoms with Crippen LogP contribution >= 0.6 is 0 Å². The molecule has 0 fully saturated rings. The summed E-state index contributed by atoms with van der Waals surface area (Å²) >= 11 is 0. The molecule has 0 spiro atoms. The maximum Gasteiger partial charge on any atom is 0.144 e. The number of aromatic nitrogens is 1. The van der Waals surface area contributed by atoms with Crippen molar-refractivity contribution in [2.75, 3.05) is 0 Å². The van der Waals surface area contributed by atoms with Gasteiger partial charge in [0.05, 0.1) is 5.69 Å². The van der Waals surface area contributed by atoms with Crippen molar-refractivity contribution in [3.63, 3.8) is 0 Å². The molecular weight excluding hydrogens is 378 g/mol. The Hall–Kier alpha value is -3.39. The van der Waals surface area contributed by atoms with E-state index in [1.165, 1.54) is 38.6 Å². The molecule has 2 nitrogen and oxygen atoms in total. The van der Waals surface area contributed by atoms with Crippen molar-refractivity contribution in [3.05, 3.63) is 89.6 Å². The molecule has 1 aliphatic rings. The Kier molecular flexibility index (Phi) is 3.74. The van der Waals surface area contributed by atoms with Gasteiger partial charge in [-0.05, 0) is 58.0 Å². The summed E-state index contributed by atoms with van der Waals surface area (Å²) in [6.45, 7) is 9.08. The standard InChI is InChI=1S/C29H25NO/c1-17(2)18-14-15-30-24(16-18)21-9-7-10-22-26-25(31-28(21)22)13-12-20-19-8-5-6-11-23(19)29(3,4)27(20)26/h5-17H,1-4H3. The Bertz CT molecular complexity index is 1490. The van der Waals surface area contributed by atoms with Gasteiger partial charge in [0, 0.05) is 27.9 Å². The van der Waals surface area contributed by atoms with Crippen LogP contribution in [0.3, 0.4) is 0 Å². The van der Waals surface area contributed by atoms with E-state index in [9.17, 15) is 0 Å². The first-order valence-corrected chi connectivity index (χ1v) is 11.0. The molecule has 0 N–H and O–H groups in total. The van der Waals surface area contributed by atoms with Gasteiger partial charge in [-0.2, -0.15) is 0 Å². The molecule has 2 aromatic heterocycles. The van der Waals surface area contributed by atoms with E-state index in [1.807, 2.05) is 6.20 Å². The Morgan fingerprint density at radius 2 is 1.65 bits per heavy atom. The molecule has 0 unspecified atom stereocenters. The molecule has 0 saturated heterocycles. The van der Waals surface area contributed by atoms with Crippen molar-refractivity contribution in [1.29, 1.82) is 0 Å². The summed E-state index contributed by atoms with van der Waals surface area (Å²) in [7, 11) is 0. The molecule has 2 heteroatoms. The van der Waals surface area contributed by atoms with Gasteiger partial charge in [0.2, 0.25) is 0 Å². The van der Waals surface area contributed by atoms with Crippen molar-refractivity contribution in [2.45, 2.75) is 39.0 Å². The fourth-order valence-corrected chi connectivity index (χ4v) is 5.32. The molecule has 0 atom stereocenters. The highest BCUT2D eigenvalue weighted by Crippen LogP contribution is 2.53. The van der Waals surface area contributed by atoms with Crippen molar-refractivity contribution >= 4 is 21.9 Å². The summed E-state index contributed by atoms with van der Waals surface area (Å²) in [5, 5.41) is 2.40. The average molecular weight is 404 g/mol. The predicted molar refractivity (Wildman–Crippen MR) is 129 cm³/mol. The summed E-state index contributed by atoms with van der Waals surface area (Å²) < 4.78 is 6.52. The van der Waals surface area contributed by atoms with Crippen LogP contribution in [0, 0.1) is 0 Å². The molecule has 0 amide bonds. The third-order valence-corrected chi connectivity index (χ3v) is 6.91. The van der Waals surface area contributed by atoms with E-state index in [0.717, 1.165) is 22.4 Å². The molecule has 0 saturated carbocycles. The van der Waals surface area contributed by atoms with Gasteiger partial charge < -0.3 is 4.42 Å². The van der Waals surface area contributed by atoms with Crippen LogP contribution in [0.15, 0.2) is 77.3 Å². The number of rotatable bonds is 2. The maximum atomic E-state index is 6.52. The predicted octanol–water partition coefficient (Wildman–Crippen LogP) is 8.08. The molecular formula is C29H25NO. The summed E-state index contributed by atoms with van der Waals surface area (Å²) in [6.07, 6.45) is 1.91. The van der Waals surface area contributed by atoms with Crippen LogP contribution in [-0.4, -0.2) is 4.98 Å². The third-order valence-electron chi connectivity index (χ3n) is 6.91. The van der Waals surface area contributed by atoms with Crippen LogP contribution < -0.4 is 0 Å². The SMILES string of the molecule is CC(C)c1ccnc(-c2cccc3c2oc2ccc4c(c23)C(C)(C)c2ccccc2-4)c1. The highest BCUT2D eigenvalue weighted by atomic mass is 16.3. The van der Waals surface area contributed by atoms with Gasteiger partial charge in [0.1, 0.15) is 11.2 Å². The second kappa shape index (κ2) is 6.31. The molecule has 3 aromatic carbocycles. The molecule has 5 aromatic rings. The fraction of sp³-hybridized carbons (Fsp3) is 0.207. The van der Waals surface area contributed by atoms with Gasteiger partial charge in [-0.25, -0.2) is 0 Å². The van der Waals surface area contributed by atoms with Crippen LogP contribution in [0.4, 0.5) is 0 Å². The summed E-state index contributed by atoms with van der Waals surface area (Å²) in [5.74, 6) is 0.458. The fourth-order valence-electron chi connectivity index (χ4n) is 5.32. The van der Waals surface area contributed by atoms with Crippen LogP contribution in [-0.2, 0) is 5.41 Å². The molecule has 6 rings (SSSR count). The monoisotopic (exact) mass is 403 g/mol. The number of hydrogen-bond acceptors (Lipinski definition) is 2. The third kappa shape index (κ3) is 2.48. The van der Waals surface area contributed by atoms with E-state index < -0.39 is 0 Å². The van der Waals surface area contributed by atoms with Crippen LogP contribution in [0.25, 0.3) is 44.3 Å². The lowest BCUT2D eigenvalue weighted by atomic mass is 9.80.